The van der Waals surface area contributed by atoms with Crippen LogP contribution in [0.1, 0.15) is 11.1 Å². The summed E-state index contributed by atoms with van der Waals surface area (Å²) in [6.07, 6.45) is 0.874. The third-order valence-electron chi connectivity index (χ3n) is 6.21. The molecule has 0 saturated carbocycles. The van der Waals surface area contributed by atoms with Crippen LogP contribution in [0.4, 0.5) is 4.79 Å². The third kappa shape index (κ3) is 3.72. The number of carbonyl (C=O) groups excluding carboxylic acids is 2. The number of ether oxygens (including phenoxy) is 1. The highest BCUT2D eigenvalue weighted by atomic mass is 16.7. The quantitative estimate of drug-likeness (QED) is 0.673. The molecule has 2 amide bonds. The van der Waals surface area contributed by atoms with Crippen LogP contribution in [0.5, 0.6) is 0 Å². The second-order valence-corrected chi connectivity index (χ2v) is 8.17. The number of hydrogen-bond donors (Lipinski definition) is 1. The largest absolute Gasteiger partial charge is 0.467 e. The molecule has 3 aliphatic rings. The number of hydrogen-bond acceptors (Lipinski definition) is 6. The van der Waals surface area contributed by atoms with Crippen molar-refractivity contribution in [2.24, 2.45) is 0 Å². The van der Waals surface area contributed by atoms with Crippen molar-refractivity contribution in [2.75, 3.05) is 26.7 Å². The zero-order chi connectivity index (χ0) is 22.1. The Bertz CT molecular complexity index is 1030. The van der Waals surface area contributed by atoms with Gasteiger partial charge in [0.2, 0.25) is 0 Å². The van der Waals surface area contributed by atoms with E-state index in [2.05, 4.69) is 22.6 Å². The van der Waals surface area contributed by atoms with Crippen LogP contribution in [-0.4, -0.2) is 65.8 Å². The fourth-order valence-electron chi connectivity index (χ4n) is 4.58. The lowest BCUT2D eigenvalue weighted by Crippen LogP contribution is -2.50. The molecule has 3 heterocycles. The first-order chi connectivity index (χ1) is 15.7. The molecule has 2 aromatic carbocycles. The number of carbonyl (C=O) groups is 2. The van der Waals surface area contributed by atoms with Gasteiger partial charge in [-0.25, -0.2) is 14.6 Å². The number of rotatable bonds is 7. The van der Waals surface area contributed by atoms with Crippen molar-refractivity contribution in [3.63, 3.8) is 0 Å². The smallest absolute Gasteiger partial charge is 0.345 e. The molecule has 2 atom stereocenters. The molecule has 1 saturated heterocycles. The Morgan fingerprint density at radius 3 is 2.44 bits per heavy atom. The molecule has 2 bridgehead atoms. The maximum absolute atomic E-state index is 13.1. The maximum Gasteiger partial charge on any atom is 0.345 e. The van der Waals surface area contributed by atoms with Gasteiger partial charge in [0.05, 0.1) is 19.4 Å². The van der Waals surface area contributed by atoms with Gasteiger partial charge in [0.15, 0.2) is 6.04 Å². The minimum absolute atomic E-state index is 0.239. The second-order valence-electron chi connectivity index (χ2n) is 8.17. The molecule has 3 aliphatic heterocycles. The fraction of sp³-hybridized carbons (Fsp3) is 0.333. The molecule has 1 N–H and O–H groups in total. The zero-order valence-corrected chi connectivity index (χ0v) is 17.9. The summed E-state index contributed by atoms with van der Waals surface area (Å²) < 4.78 is 5.04. The lowest BCUT2D eigenvalue weighted by molar-refractivity contribution is -0.145. The van der Waals surface area contributed by atoms with E-state index in [0.717, 1.165) is 29.8 Å². The number of hydrazine groups is 1. The zero-order valence-electron chi connectivity index (χ0n) is 17.9. The Morgan fingerprint density at radius 1 is 1.06 bits per heavy atom. The Hall–Kier alpha value is -3.36. The van der Waals surface area contributed by atoms with Gasteiger partial charge in [-0.3, -0.25) is 4.84 Å². The third-order valence-corrected chi connectivity index (χ3v) is 6.21. The summed E-state index contributed by atoms with van der Waals surface area (Å²) in [5, 5.41) is 3.52. The summed E-state index contributed by atoms with van der Waals surface area (Å²) in [5.41, 5.74) is 7.34. The van der Waals surface area contributed by atoms with Crippen molar-refractivity contribution >= 4 is 12.0 Å². The topological polar surface area (TPSA) is 74.4 Å². The van der Waals surface area contributed by atoms with Gasteiger partial charge in [0.25, 0.3) is 0 Å². The van der Waals surface area contributed by atoms with Crippen molar-refractivity contribution in [1.29, 1.82) is 0 Å². The highest BCUT2D eigenvalue weighted by molar-refractivity contribution is 5.89. The van der Waals surface area contributed by atoms with Crippen LogP contribution in [0.2, 0.25) is 0 Å². The highest BCUT2D eigenvalue weighted by Crippen LogP contribution is 2.37. The Balaban J connectivity index is 1.34. The summed E-state index contributed by atoms with van der Waals surface area (Å²) in [6, 6.07) is 18.7. The van der Waals surface area contributed by atoms with E-state index in [1.165, 1.54) is 22.6 Å². The summed E-state index contributed by atoms with van der Waals surface area (Å²) in [7, 11) is 1.35. The second kappa shape index (κ2) is 8.64. The van der Waals surface area contributed by atoms with Gasteiger partial charge in [0.1, 0.15) is 12.6 Å². The predicted octanol–water partition coefficient (Wildman–Crippen LogP) is 2.10. The van der Waals surface area contributed by atoms with Crippen LogP contribution < -0.4 is 5.43 Å². The van der Waals surface area contributed by atoms with Gasteiger partial charge in [-0.05, 0) is 23.1 Å². The number of benzene rings is 2. The molecule has 0 aromatic heterocycles. The summed E-state index contributed by atoms with van der Waals surface area (Å²) in [4.78, 5) is 33.3. The maximum atomic E-state index is 13.1. The first-order valence-electron chi connectivity index (χ1n) is 10.8. The number of urea groups is 1. The number of methoxy groups -OCH3 is 1. The minimum Gasteiger partial charge on any atom is -0.467 e. The van der Waals surface area contributed by atoms with Gasteiger partial charge in [-0.2, -0.15) is 5.06 Å². The van der Waals surface area contributed by atoms with Gasteiger partial charge >= 0.3 is 12.0 Å². The molecular formula is C24H26N4O4. The molecule has 5 rings (SSSR count). The van der Waals surface area contributed by atoms with Crippen molar-refractivity contribution in [2.45, 2.75) is 25.1 Å². The van der Waals surface area contributed by atoms with Gasteiger partial charge in [0, 0.05) is 13.1 Å². The normalized spacial score (nSPS) is 22.2. The van der Waals surface area contributed by atoms with Crippen LogP contribution in [0, 0.1) is 0 Å². The number of hydroxylamine groups is 2. The highest BCUT2D eigenvalue weighted by Gasteiger charge is 2.54. The number of nitrogens with one attached hydrogen (secondary N) is 1. The van der Waals surface area contributed by atoms with E-state index in [-0.39, 0.29) is 18.7 Å². The molecule has 1 fully saturated rings. The molecule has 8 nitrogen and oxygen atoms in total. The fourth-order valence-corrected chi connectivity index (χ4v) is 4.58. The SMILES string of the molecule is COC(=O)C1C2=C(CN(CCc3ccccc3)N2)[C@H]2CN1C(=O)N2OCc1ccccc1. The van der Waals surface area contributed by atoms with Crippen molar-refractivity contribution in [1.82, 2.24) is 20.4 Å². The molecule has 0 spiro atoms. The first-order valence-corrected chi connectivity index (χ1v) is 10.8. The standard InChI is InChI=1S/C24H26N4O4/c1-31-23(29)22-21-19(14-26(25-21)13-12-17-8-4-2-5-9-17)20-15-27(22)24(30)28(20)32-16-18-10-6-3-7-11-18/h2-11,20,22,25H,12-16H2,1H3/t20-,22?/m1/s1. The van der Waals surface area contributed by atoms with E-state index in [4.69, 9.17) is 9.57 Å². The van der Waals surface area contributed by atoms with Crippen LogP contribution in [-0.2, 0) is 27.4 Å². The molecule has 8 heteroatoms. The van der Waals surface area contributed by atoms with E-state index < -0.39 is 12.0 Å². The van der Waals surface area contributed by atoms with Crippen molar-refractivity contribution < 1.29 is 19.2 Å². The Morgan fingerprint density at radius 2 is 1.75 bits per heavy atom. The van der Waals surface area contributed by atoms with Crippen LogP contribution in [0.3, 0.4) is 0 Å². The van der Waals surface area contributed by atoms with Gasteiger partial charge in [-0.1, -0.05) is 60.7 Å². The van der Waals surface area contributed by atoms with E-state index in [1.54, 1.807) is 0 Å². The molecule has 2 aromatic rings. The van der Waals surface area contributed by atoms with Gasteiger partial charge in [-0.15, -0.1) is 0 Å². The number of esters is 1. The minimum atomic E-state index is -0.786. The Labute approximate surface area is 186 Å². The number of nitrogens with zero attached hydrogens (tertiary/aromatic N) is 3. The van der Waals surface area contributed by atoms with Crippen LogP contribution in [0.25, 0.3) is 0 Å². The summed E-state index contributed by atoms with van der Waals surface area (Å²) >= 11 is 0. The van der Waals surface area contributed by atoms with Crippen molar-refractivity contribution in [3.05, 3.63) is 83.1 Å². The lowest BCUT2D eigenvalue weighted by atomic mass is 9.97. The van der Waals surface area contributed by atoms with Crippen molar-refractivity contribution in [3.8, 4) is 0 Å². The lowest BCUT2D eigenvalue weighted by Gasteiger charge is -2.29. The Kier molecular flexibility index (Phi) is 5.55. The average molecular weight is 434 g/mol. The first kappa shape index (κ1) is 20.5. The number of fused-ring (bicyclic) bond motifs is 3. The predicted molar refractivity (Wildman–Crippen MR) is 117 cm³/mol. The molecule has 0 aliphatic carbocycles. The molecule has 0 radical (unpaired) electrons. The average Bonchev–Trinajstić information content (AvgIpc) is 3.38. The van der Waals surface area contributed by atoms with E-state index in [1.807, 2.05) is 48.5 Å². The summed E-state index contributed by atoms with van der Waals surface area (Å²) in [5.74, 6) is -0.452. The monoisotopic (exact) mass is 434 g/mol. The number of amides is 2. The van der Waals surface area contributed by atoms with E-state index in [0.29, 0.717) is 13.1 Å². The van der Waals surface area contributed by atoms with Crippen LogP contribution in [0.15, 0.2) is 71.9 Å². The van der Waals surface area contributed by atoms with Crippen LogP contribution >= 0.6 is 0 Å². The summed E-state index contributed by atoms with van der Waals surface area (Å²) in [6.45, 7) is 2.08. The molecule has 32 heavy (non-hydrogen) atoms. The van der Waals surface area contributed by atoms with E-state index >= 15 is 0 Å². The molecule has 1 unspecified atom stereocenters. The molecular weight excluding hydrogens is 408 g/mol. The molecule has 166 valence electrons. The van der Waals surface area contributed by atoms with Gasteiger partial charge < -0.3 is 15.1 Å². The van der Waals surface area contributed by atoms with E-state index in [9.17, 15) is 9.59 Å².